The summed E-state index contributed by atoms with van der Waals surface area (Å²) in [6, 6.07) is 19.1. The number of amides is 2. The Bertz CT molecular complexity index is 1190. The molecule has 2 amide bonds. The summed E-state index contributed by atoms with van der Waals surface area (Å²) in [7, 11) is 1.51. The van der Waals surface area contributed by atoms with Crippen molar-refractivity contribution in [3.63, 3.8) is 0 Å². The molecule has 2 N–H and O–H groups in total. The first-order valence-electron chi connectivity index (χ1n) is 9.70. The summed E-state index contributed by atoms with van der Waals surface area (Å²) in [4.78, 5) is 34.5. The molecule has 0 aliphatic carbocycles. The van der Waals surface area contributed by atoms with E-state index >= 15 is 0 Å². The van der Waals surface area contributed by atoms with Crippen LogP contribution in [-0.4, -0.2) is 36.7 Å². The summed E-state index contributed by atoms with van der Waals surface area (Å²) >= 11 is 0. The van der Waals surface area contributed by atoms with Crippen LogP contribution in [0.3, 0.4) is 0 Å². The number of methoxy groups -OCH3 is 1. The molecule has 3 aromatic rings. The zero-order valence-electron chi connectivity index (χ0n) is 17.6. The van der Waals surface area contributed by atoms with Crippen molar-refractivity contribution < 1.29 is 24.0 Å². The molecular weight excluding hydrogens is 428 g/mol. The fourth-order valence-corrected chi connectivity index (χ4v) is 2.76. The Morgan fingerprint density at radius 1 is 1.06 bits per heavy atom. The number of non-ortho nitro benzene ring substituents is 1. The van der Waals surface area contributed by atoms with Crippen LogP contribution in [0.25, 0.3) is 0 Å². The topological polar surface area (TPSA) is 132 Å². The molecule has 0 heterocycles. The number of nitrogens with one attached hydrogen (secondary N) is 2. The smallest absolute Gasteiger partial charge is 0.271 e. The molecule has 0 radical (unpaired) electrons. The van der Waals surface area contributed by atoms with Crippen LogP contribution in [0.1, 0.15) is 15.9 Å². The van der Waals surface area contributed by atoms with Crippen LogP contribution >= 0.6 is 0 Å². The van der Waals surface area contributed by atoms with Crippen LogP contribution in [0, 0.1) is 10.1 Å². The van der Waals surface area contributed by atoms with Gasteiger partial charge in [0.25, 0.3) is 17.5 Å². The third kappa shape index (κ3) is 6.62. The quantitative estimate of drug-likeness (QED) is 0.293. The molecule has 33 heavy (non-hydrogen) atoms. The van der Waals surface area contributed by atoms with Crippen molar-refractivity contribution in [2.75, 3.05) is 19.0 Å². The van der Waals surface area contributed by atoms with E-state index in [-0.39, 0.29) is 23.8 Å². The first kappa shape index (κ1) is 22.9. The van der Waals surface area contributed by atoms with Crippen LogP contribution in [-0.2, 0) is 4.79 Å². The van der Waals surface area contributed by atoms with Crippen molar-refractivity contribution in [1.82, 2.24) is 5.43 Å². The average molecular weight is 448 g/mol. The van der Waals surface area contributed by atoms with Crippen LogP contribution in [0.5, 0.6) is 11.5 Å². The van der Waals surface area contributed by atoms with E-state index in [0.29, 0.717) is 22.7 Å². The minimum absolute atomic E-state index is 0.111. The molecule has 3 aromatic carbocycles. The van der Waals surface area contributed by atoms with E-state index in [4.69, 9.17) is 9.47 Å². The molecule has 0 aliphatic heterocycles. The monoisotopic (exact) mass is 448 g/mol. The summed E-state index contributed by atoms with van der Waals surface area (Å²) in [5.74, 6) is 0.0218. The number of carbonyl (C=O) groups is 2. The summed E-state index contributed by atoms with van der Waals surface area (Å²) in [5, 5.41) is 17.4. The van der Waals surface area contributed by atoms with Crippen LogP contribution in [0.2, 0.25) is 0 Å². The largest absolute Gasteiger partial charge is 0.495 e. The molecule has 0 saturated heterocycles. The van der Waals surface area contributed by atoms with Gasteiger partial charge < -0.3 is 14.8 Å². The van der Waals surface area contributed by atoms with E-state index in [2.05, 4.69) is 15.8 Å². The zero-order valence-corrected chi connectivity index (χ0v) is 17.6. The van der Waals surface area contributed by atoms with E-state index < -0.39 is 10.8 Å². The molecule has 10 nitrogen and oxygen atoms in total. The van der Waals surface area contributed by atoms with Gasteiger partial charge in [-0.05, 0) is 35.9 Å². The molecule has 0 saturated carbocycles. The van der Waals surface area contributed by atoms with Crippen molar-refractivity contribution in [3.05, 3.63) is 94.0 Å². The highest BCUT2D eigenvalue weighted by Gasteiger charge is 2.11. The highest BCUT2D eigenvalue weighted by Crippen LogP contribution is 2.23. The molecule has 0 fully saturated rings. The Morgan fingerprint density at radius 3 is 2.64 bits per heavy atom. The number of anilines is 1. The second-order valence-corrected chi connectivity index (χ2v) is 6.62. The number of benzene rings is 3. The number of nitro groups is 1. The standard InChI is InChI=1S/C23H20N4O6/c1-32-21-11-3-2-10-20(21)25-22(28)15-33-19-9-4-6-16(12-19)14-24-26-23(29)17-7-5-8-18(13-17)27(30)31/h2-14H,15H2,1H3,(H,25,28)(H,26,29)/b24-14+. The van der Waals surface area contributed by atoms with E-state index in [1.54, 1.807) is 48.5 Å². The molecule has 3 rings (SSSR count). The minimum Gasteiger partial charge on any atom is -0.495 e. The Hall–Kier alpha value is -4.73. The van der Waals surface area contributed by atoms with Crippen molar-refractivity contribution >= 4 is 29.4 Å². The second-order valence-electron chi connectivity index (χ2n) is 6.62. The maximum absolute atomic E-state index is 12.2. The highest BCUT2D eigenvalue weighted by molar-refractivity contribution is 5.95. The highest BCUT2D eigenvalue weighted by atomic mass is 16.6. The lowest BCUT2D eigenvalue weighted by Crippen LogP contribution is -2.20. The third-order valence-corrected chi connectivity index (χ3v) is 4.31. The maximum Gasteiger partial charge on any atom is 0.271 e. The fourth-order valence-electron chi connectivity index (χ4n) is 2.76. The fraction of sp³-hybridized carbons (Fsp3) is 0.0870. The third-order valence-electron chi connectivity index (χ3n) is 4.31. The van der Waals surface area contributed by atoms with Gasteiger partial charge in [-0.25, -0.2) is 5.43 Å². The lowest BCUT2D eigenvalue weighted by Gasteiger charge is -2.10. The van der Waals surface area contributed by atoms with Crippen molar-refractivity contribution in [2.45, 2.75) is 0 Å². The summed E-state index contributed by atoms with van der Waals surface area (Å²) in [5.41, 5.74) is 3.38. The lowest BCUT2D eigenvalue weighted by molar-refractivity contribution is -0.384. The molecule has 0 spiro atoms. The Balaban J connectivity index is 1.54. The molecule has 168 valence electrons. The number of nitro benzene ring substituents is 1. The SMILES string of the molecule is COc1ccccc1NC(=O)COc1cccc(/C=N/NC(=O)c2cccc([N+](=O)[O-])c2)c1. The number of hydrogen-bond acceptors (Lipinski definition) is 7. The summed E-state index contributed by atoms with van der Waals surface area (Å²) in [6.07, 6.45) is 1.39. The van der Waals surface area contributed by atoms with Gasteiger partial charge in [-0.3, -0.25) is 19.7 Å². The van der Waals surface area contributed by atoms with Gasteiger partial charge in [-0.15, -0.1) is 0 Å². The molecule has 0 aromatic heterocycles. The average Bonchev–Trinajstić information content (AvgIpc) is 2.83. The second kappa shape index (κ2) is 11.0. The molecule has 0 bridgehead atoms. The minimum atomic E-state index is -0.588. The predicted octanol–water partition coefficient (Wildman–Crippen LogP) is 3.38. The first-order valence-corrected chi connectivity index (χ1v) is 9.70. The van der Waals surface area contributed by atoms with Gasteiger partial charge in [0, 0.05) is 17.7 Å². The molecule has 0 aliphatic rings. The van der Waals surface area contributed by atoms with E-state index in [1.165, 1.54) is 31.5 Å². The van der Waals surface area contributed by atoms with Crippen LogP contribution in [0.4, 0.5) is 11.4 Å². The van der Waals surface area contributed by atoms with Gasteiger partial charge in [0.2, 0.25) is 0 Å². The zero-order chi connectivity index (χ0) is 23.6. The lowest BCUT2D eigenvalue weighted by atomic mass is 10.2. The molecule has 0 unspecified atom stereocenters. The number of rotatable bonds is 9. The molecule has 10 heteroatoms. The van der Waals surface area contributed by atoms with Gasteiger partial charge in [-0.2, -0.15) is 5.10 Å². The Labute approximate surface area is 189 Å². The van der Waals surface area contributed by atoms with Gasteiger partial charge in [0.05, 0.1) is 23.9 Å². The molecular formula is C23H20N4O6. The number of hydrogen-bond donors (Lipinski definition) is 2. The number of ether oxygens (including phenoxy) is 2. The summed E-state index contributed by atoms with van der Waals surface area (Å²) < 4.78 is 10.7. The first-order chi connectivity index (χ1) is 16.0. The normalized spacial score (nSPS) is 10.5. The number of nitrogens with zero attached hydrogens (tertiary/aromatic N) is 2. The Kier molecular flexibility index (Phi) is 7.68. The number of para-hydroxylation sites is 2. The number of hydrazone groups is 1. The van der Waals surface area contributed by atoms with Gasteiger partial charge >= 0.3 is 0 Å². The van der Waals surface area contributed by atoms with Gasteiger partial charge in [-0.1, -0.05) is 30.3 Å². The molecule has 0 atom stereocenters. The van der Waals surface area contributed by atoms with E-state index in [1.807, 2.05) is 0 Å². The Morgan fingerprint density at radius 2 is 1.85 bits per heavy atom. The predicted molar refractivity (Wildman–Crippen MR) is 122 cm³/mol. The van der Waals surface area contributed by atoms with Crippen molar-refractivity contribution in [3.8, 4) is 11.5 Å². The van der Waals surface area contributed by atoms with E-state index in [9.17, 15) is 19.7 Å². The van der Waals surface area contributed by atoms with Crippen LogP contribution in [0.15, 0.2) is 77.9 Å². The van der Waals surface area contributed by atoms with Gasteiger partial charge in [0.1, 0.15) is 11.5 Å². The van der Waals surface area contributed by atoms with Crippen LogP contribution < -0.4 is 20.2 Å². The summed E-state index contributed by atoms with van der Waals surface area (Å²) in [6.45, 7) is -0.220. The van der Waals surface area contributed by atoms with E-state index in [0.717, 1.165) is 6.07 Å². The van der Waals surface area contributed by atoms with Crippen molar-refractivity contribution in [1.29, 1.82) is 0 Å². The van der Waals surface area contributed by atoms with Gasteiger partial charge in [0.15, 0.2) is 6.61 Å². The number of carbonyl (C=O) groups excluding carboxylic acids is 2. The van der Waals surface area contributed by atoms with Crippen molar-refractivity contribution in [2.24, 2.45) is 5.10 Å². The maximum atomic E-state index is 12.2.